The van der Waals surface area contributed by atoms with Gasteiger partial charge in [0.15, 0.2) is 0 Å². The Hall–Kier alpha value is -1.21. The first-order valence-corrected chi connectivity index (χ1v) is 8.01. The molecule has 1 fully saturated rings. The summed E-state index contributed by atoms with van der Waals surface area (Å²) in [6, 6.07) is 4.90. The second kappa shape index (κ2) is 7.87. The molecule has 0 saturated carbocycles. The van der Waals surface area contributed by atoms with Gasteiger partial charge in [0.2, 0.25) is 0 Å². The van der Waals surface area contributed by atoms with Crippen molar-refractivity contribution in [1.29, 1.82) is 0 Å². The summed E-state index contributed by atoms with van der Waals surface area (Å²) in [7, 11) is 0. The number of hydrogen-bond donors (Lipinski definition) is 0. The van der Waals surface area contributed by atoms with E-state index in [-0.39, 0.29) is 18.5 Å². The number of rotatable bonds is 5. The van der Waals surface area contributed by atoms with Crippen molar-refractivity contribution in [1.82, 2.24) is 0 Å². The van der Waals surface area contributed by atoms with E-state index in [9.17, 15) is 18.0 Å². The molecular formula is C15H17F3O3S. The number of hydrogen-bond acceptors (Lipinski definition) is 4. The van der Waals surface area contributed by atoms with Crippen molar-refractivity contribution in [3.05, 3.63) is 29.8 Å². The number of halogens is 3. The van der Waals surface area contributed by atoms with Crippen molar-refractivity contribution >= 4 is 17.7 Å². The minimum absolute atomic E-state index is 0.0198. The molecule has 3 nitrogen and oxygen atoms in total. The molecule has 0 radical (unpaired) electrons. The average Bonchev–Trinajstić information content (AvgIpc) is 2.51. The third-order valence-electron chi connectivity index (χ3n) is 3.22. The van der Waals surface area contributed by atoms with Gasteiger partial charge in [-0.1, -0.05) is 6.07 Å². The standard InChI is InChI=1S/C15H17F3O3S/c16-15(17,18)11-4-3-6-13(8-11)22-10-14(19)21-9-12-5-1-2-7-20-12/h3-4,6,8,12H,1-2,5,7,9-10H2. The number of alkyl halides is 3. The molecule has 1 heterocycles. The third kappa shape index (κ3) is 5.53. The van der Waals surface area contributed by atoms with Gasteiger partial charge in [-0.15, -0.1) is 11.8 Å². The van der Waals surface area contributed by atoms with Crippen LogP contribution in [0.15, 0.2) is 29.2 Å². The van der Waals surface area contributed by atoms with Crippen molar-refractivity contribution < 1.29 is 27.4 Å². The maximum absolute atomic E-state index is 12.6. The summed E-state index contributed by atoms with van der Waals surface area (Å²) in [5.41, 5.74) is -0.721. The normalized spacial score (nSPS) is 19.0. The van der Waals surface area contributed by atoms with Crippen molar-refractivity contribution in [2.45, 2.75) is 36.4 Å². The zero-order valence-electron chi connectivity index (χ0n) is 11.9. The molecule has 1 aliphatic heterocycles. The zero-order chi connectivity index (χ0) is 16.0. The Balaban J connectivity index is 1.76. The lowest BCUT2D eigenvalue weighted by Crippen LogP contribution is -2.26. The van der Waals surface area contributed by atoms with Crippen LogP contribution in [-0.4, -0.2) is 31.0 Å². The van der Waals surface area contributed by atoms with E-state index in [1.165, 1.54) is 12.1 Å². The molecule has 1 saturated heterocycles. The van der Waals surface area contributed by atoms with Crippen molar-refractivity contribution in [3.8, 4) is 0 Å². The summed E-state index contributed by atoms with van der Waals surface area (Å²) >= 11 is 1.03. The molecule has 0 aromatic heterocycles. The highest BCUT2D eigenvalue weighted by Gasteiger charge is 2.30. The number of carbonyl (C=O) groups excluding carboxylic acids is 1. The van der Waals surface area contributed by atoms with Crippen LogP contribution in [0.25, 0.3) is 0 Å². The van der Waals surface area contributed by atoms with Crippen LogP contribution in [0.2, 0.25) is 0 Å². The van der Waals surface area contributed by atoms with Gasteiger partial charge in [-0.3, -0.25) is 4.79 Å². The maximum atomic E-state index is 12.6. The smallest absolute Gasteiger partial charge is 0.416 e. The summed E-state index contributed by atoms with van der Waals surface area (Å²) in [6.45, 7) is 0.892. The lowest BCUT2D eigenvalue weighted by molar-refractivity contribution is -0.145. The molecule has 0 amide bonds. The molecule has 0 aliphatic carbocycles. The molecule has 2 rings (SSSR count). The summed E-state index contributed by atoms with van der Waals surface area (Å²) in [5.74, 6) is -0.467. The molecule has 0 bridgehead atoms. The average molecular weight is 334 g/mol. The van der Waals surface area contributed by atoms with E-state index in [2.05, 4.69) is 0 Å². The number of carbonyl (C=O) groups is 1. The van der Waals surface area contributed by atoms with Crippen LogP contribution >= 0.6 is 11.8 Å². The maximum Gasteiger partial charge on any atom is 0.416 e. The van der Waals surface area contributed by atoms with Crippen LogP contribution in [0, 0.1) is 0 Å². The van der Waals surface area contributed by atoms with Gasteiger partial charge in [-0.05, 0) is 37.5 Å². The van der Waals surface area contributed by atoms with Gasteiger partial charge in [-0.2, -0.15) is 13.2 Å². The fourth-order valence-corrected chi connectivity index (χ4v) is 2.82. The summed E-state index contributed by atoms with van der Waals surface area (Å²) in [4.78, 5) is 12.0. The largest absolute Gasteiger partial charge is 0.462 e. The Bertz CT molecular complexity index is 499. The molecule has 0 N–H and O–H groups in total. The highest BCUT2D eigenvalue weighted by molar-refractivity contribution is 8.00. The van der Waals surface area contributed by atoms with E-state index >= 15 is 0 Å². The van der Waals surface area contributed by atoms with E-state index in [4.69, 9.17) is 9.47 Å². The van der Waals surface area contributed by atoms with Gasteiger partial charge in [0, 0.05) is 11.5 Å². The molecule has 1 aromatic carbocycles. The molecule has 22 heavy (non-hydrogen) atoms. The fraction of sp³-hybridized carbons (Fsp3) is 0.533. The van der Waals surface area contributed by atoms with E-state index in [0.29, 0.717) is 11.5 Å². The summed E-state index contributed by atoms with van der Waals surface area (Å²) < 4.78 is 48.3. The molecule has 7 heteroatoms. The van der Waals surface area contributed by atoms with E-state index < -0.39 is 17.7 Å². The van der Waals surface area contributed by atoms with Gasteiger partial charge >= 0.3 is 12.1 Å². The lowest BCUT2D eigenvalue weighted by atomic mass is 10.1. The van der Waals surface area contributed by atoms with Gasteiger partial charge in [-0.25, -0.2) is 0 Å². The van der Waals surface area contributed by atoms with E-state index in [1.807, 2.05) is 0 Å². The van der Waals surface area contributed by atoms with Crippen molar-refractivity contribution in [3.63, 3.8) is 0 Å². The van der Waals surface area contributed by atoms with Gasteiger partial charge < -0.3 is 9.47 Å². The Morgan fingerprint density at radius 1 is 1.36 bits per heavy atom. The highest BCUT2D eigenvalue weighted by atomic mass is 32.2. The lowest BCUT2D eigenvalue weighted by Gasteiger charge is -2.22. The van der Waals surface area contributed by atoms with Gasteiger partial charge in [0.1, 0.15) is 6.61 Å². The summed E-state index contributed by atoms with van der Waals surface area (Å²) in [5, 5.41) is 0. The van der Waals surface area contributed by atoms with Crippen LogP contribution in [0.5, 0.6) is 0 Å². The number of thioether (sulfide) groups is 1. The second-order valence-corrected chi connectivity index (χ2v) is 6.03. The van der Waals surface area contributed by atoms with Crippen LogP contribution in [0.4, 0.5) is 13.2 Å². The van der Waals surface area contributed by atoms with Crippen LogP contribution in [0.3, 0.4) is 0 Å². The Morgan fingerprint density at radius 2 is 2.18 bits per heavy atom. The number of ether oxygens (including phenoxy) is 2. The highest BCUT2D eigenvalue weighted by Crippen LogP contribution is 2.31. The topological polar surface area (TPSA) is 35.5 Å². The van der Waals surface area contributed by atoms with Crippen LogP contribution in [0.1, 0.15) is 24.8 Å². The van der Waals surface area contributed by atoms with Crippen molar-refractivity contribution in [2.75, 3.05) is 19.0 Å². The predicted molar refractivity (Wildman–Crippen MR) is 76.7 cm³/mol. The zero-order valence-corrected chi connectivity index (χ0v) is 12.7. The monoisotopic (exact) mass is 334 g/mol. The number of benzene rings is 1. The minimum Gasteiger partial charge on any atom is -0.462 e. The summed E-state index contributed by atoms with van der Waals surface area (Å²) in [6.07, 6.45) is -1.49. The Kier molecular flexibility index (Phi) is 6.14. The van der Waals surface area contributed by atoms with Crippen LogP contribution in [-0.2, 0) is 20.4 Å². The molecule has 1 aromatic rings. The van der Waals surface area contributed by atoms with Gasteiger partial charge in [0.05, 0.1) is 17.4 Å². The molecule has 122 valence electrons. The van der Waals surface area contributed by atoms with Crippen molar-refractivity contribution in [2.24, 2.45) is 0 Å². The SMILES string of the molecule is O=C(CSc1cccc(C(F)(F)F)c1)OCC1CCCCO1. The molecule has 0 spiro atoms. The fourth-order valence-electron chi connectivity index (χ4n) is 2.07. The first-order valence-electron chi connectivity index (χ1n) is 7.02. The quantitative estimate of drug-likeness (QED) is 0.604. The first-order chi connectivity index (χ1) is 10.4. The molecule has 1 unspecified atom stereocenters. The first kappa shape index (κ1) is 17.1. The Morgan fingerprint density at radius 3 is 2.86 bits per heavy atom. The molecule has 1 atom stereocenters. The minimum atomic E-state index is -4.38. The molecular weight excluding hydrogens is 317 g/mol. The number of esters is 1. The van der Waals surface area contributed by atoms with Gasteiger partial charge in [0.25, 0.3) is 0 Å². The predicted octanol–water partition coefficient (Wildman–Crippen LogP) is 3.91. The second-order valence-electron chi connectivity index (χ2n) is 4.99. The van der Waals surface area contributed by atoms with E-state index in [1.54, 1.807) is 0 Å². The Labute approximate surface area is 131 Å². The molecule has 1 aliphatic rings. The van der Waals surface area contributed by atoms with E-state index in [0.717, 1.165) is 43.2 Å². The van der Waals surface area contributed by atoms with Crippen LogP contribution < -0.4 is 0 Å². The third-order valence-corrected chi connectivity index (χ3v) is 4.19.